The fraction of sp³-hybridized carbons (Fsp3) is 0.250. The number of para-hydroxylation sites is 2. The zero-order valence-corrected chi connectivity index (χ0v) is 14.7. The van der Waals surface area contributed by atoms with Crippen molar-refractivity contribution in [3.05, 3.63) is 54.1 Å². The van der Waals surface area contributed by atoms with Crippen molar-refractivity contribution in [1.29, 1.82) is 0 Å². The lowest BCUT2D eigenvalue weighted by Crippen LogP contribution is -2.45. The number of amides is 2. The van der Waals surface area contributed by atoms with E-state index in [1.165, 1.54) is 6.92 Å². The molecule has 1 heterocycles. The van der Waals surface area contributed by atoms with Gasteiger partial charge in [-0.25, -0.2) is 0 Å². The molecule has 1 unspecified atom stereocenters. The van der Waals surface area contributed by atoms with Crippen LogP contribution in [0.1, 0.15) is 30.6 Å². The van der Waals surface area contributed by atoms with Crippen molar-refractivity contribution in [2.24, 2.45) is 0 Å². The van der Waals surface area contributed by atoms with E-state index in [2.05, 4.69) is 5.32 Å². The molecule has 0 aromatic heterocycles. The number of hydrogen-bond acceptors (Lipinski definition) is 4. The molecule has 0 saturated carbocycles. The third kappa shape index (κ3) is 3.74. The summed E-state index contributed by atoms with van der Waals surface area (Å²) in [6, 6.07) is 14.0. The lowest BCUT2D eigenvalue weighted by molar-refractivity contribution is -0.125. The van der Waals surface area contributed by atoms with Crippen molar-refractivity contribution < 1.29 is 19.1 Å². The molecule has 0 fully saturated rings. The molecule has 1 atom stereocenters. The van der Waals surface area contributed by atoms with Crippen LogP contribution in [0.25, 0.3) is 0 Å². The van der Waals surface area contributed by atoms with Crippen LogP contribution in [0, 0.1) is 0 Å². The maximum absolute atomic E-state index is 12.4. The monoisotopic (exact) mass is 352 g/mol. The molecular formula is C20H20N2O4. The minimum absolute atomic E-state index is 0.0264. The highest BCUT2D eigenvalue weighted by molar-refractivity contribution is 6.01. The molecule has 2 aromatic rings. The molecule has 134 valence electrons. The number of anilines is 2. The SMILES string of the molecule is CC(=O)c1ccc(NC(=O)CCN2C(=O)C(C)Oc3ccccc32)cc1. The Morgan fingerprint density at radius 2 is 1.81 bits per heavy atom. The van der Waals surface area contributed by atoms with E-state index in [-0.39, 0.29) is 30.6 Å². The molecule has 1 aliphatic heterocycles. The number of hydrogen-bond donors (Lipinski definition) is 1. The molecule has 0 radical (unpaired) electrons. The summed E-state index contributed by atoms with van der Waals surface area (Å²) in [4.78, 5) is 37.5. The second-order valence-electron chi connectivity index (χ2n) is 6.15. The summed E-state index contributed by atoms with van der Waals surface area (Å²) >= 11 is 0. The van der Waals surface area contributed by atoms with E-state index in [1.54, 1.807) is 42.2 Å². The van der Waals surface area contributed by atoms with Crippen molar-refractivity contribution in [1.82, 2.24) is 0 Å². The van der Waals surface area contributed by atoms with Gasteiger partial charge in [-0.1, -0.05) is 12.1 Å². The summed E-state index contributed by atoms with van der Waals surface area (Å²) < 4.78 is 5.59. The first-order valence-electron chi connectivity index (χ1n) is 8.43. The normalized spacial score (nSPS) is 15.8. The Labute approximate surface area is 151 Å². The first-order chi connectivity index (χ1) is 12.5. The maximum atomic E-state index is 12.4. The molecule has 1 aliphatic rings. The Morgan fingerprint density at radius 3 is 2.50 bits per heavy atom. The lowest BCUT2D eigenvalue weighted by atomic mass is 10.1. The van der Waals surface area contributed by atoms with Gasteiger partial charge in [-0.2, -0.15) is 0 Å². The smallest absolute Gasteiger partial charge is 0.267 e. The summed E-state index contributed by atoms with van der Waals surface area (Å²) in [7, 11) is 0. The number of Topliss-reactive ketones (excluding diaryl/α,β-unsaturated/α-hetero) is 1. The number of nitrogens with zero attached hydrogens (tertiary/aromatic N) is 1. The average Bonchev–Trinajstić information content (AvgIpc) is 2.62. The molecule has 6 heteroatoms. The molecule has 2 aromatic carbocycles. The molecule has 26 heavy (non-hydrogen) atoms. The van der Waals surface area contributed by atoms with Crippen molar-refractivity contribution >= 4 is 29.0 Å². The largest absolute Gasteiger partial charge is 0.479 e. The molecule has 1 N–H and O–H groups in total. The van der Waals surface area contributed by atoms with Gasteiger partial charge in [0.25, 0.3) is 5.91 Å². The third-order valence-electron chi connectivity index (χ3n) is 4.21. The van der Waals surface area contributed by atoms with Crippen LogP contribution in [-0.4, -0.2) is 30.2 Å². The number of ether oxygens (including phenoxy) is 1. The number of ketones is 1. The van der Waals surface area contributed by atoms with Gasteiger partial charge in [-0.3, -0.25) is 14.4 Å². The van der Waals surface area contributed by atoms with E-state index in [9.17, 15) is 14.4 Å². The van der Waals surface area contributed by atoms with Crippen LogP contribution in [0.3, 0.4) is 0 Å². The van der Waals surface area contributed by atoms with Crippen LogP contribution in [0.4, 0.5) is 11.4 Å². The first-order valence-corrected chi connectivity index (χ1v) is 8.43. The van der Waals surface area contributed by atoms with Crippen LogP contribution < -0.4 is 15.0 Å². The molecule has 3 rings (SSSR count). The minimum atomic E-state index is -0.577. The van der Waals surface area contributed by atoms with Crippen molar-refractivity contribution in [2.75, 3.05) is 16.8 Å². The molecule has 0 saturated heterocycles. The second kappa shape index (κ2) is 7.39. The number of fused-ring (bicyclic) bond motifs is 1. The van der Waals surface area contributed by atoms with Gasteiger partial charge in [0.05, 0.1) is 5.69 Å². The topological polar surface area (TPSA) is 75.7 Å². The zero-order chi connectivity index (χ0) is 18.7. The number of carbonyl (C=O) groups excluding carboxylic acids is 3. The quantitative estimate of drug-likeness (QED) is 0.839. The molecule has 6 nitrogen and oxygen atoms in total. The first kappa shape index (κ1) is 17.7. The molecule has 0 bridgehead atoms. The standard InChI is InChI=1S/C20H20N2O4/c1-13(23)15-7-9-16(10-8-15)21-19(24)11-12-22-17-5-3-4-6-18(17)26-14(2)20(22)25/h3-10,14H,11-12H2,1-2H3,(H,21,24). The van der Waals surface area contributed by atoms with Crippen LogP contribution >= 0.6 is 0 Å². The van der Waals surface area contributed by atoms with Gasteiger partial charge in [-0.05, 0) is 50.2 Å². The lowest BCUT2D eigenvalue weighted by Gasteiger charge is -2.32. The molecular weight excluding hydrogens is 332 g/mol. The van der Waals surface area contributed by atoms with E-state index in [0.29, 0.717) is 22.7 Å². The van der Waals surface area contributed by atoms with Gasteiger partial charge in [-0.15, -0.1) is 0 Å². The minimum Gasteiger partial charge on any atom is -0.479 e. The van der Waals surface area contributed by atoms with Crippen molar-refractivity contribution in [3.8, 4) is 5.75 Å². The fourth-order valence-corrected chi connectivity index (χ4v) is 2.81. The van der Waals surface area contributed by atoms with Crippen molar-refractivity contribution in [2.45, 2.75) is 26.4 Å². The zero-order valence-electron chi connectivity index (χ0n) is 14.7. The highest BCUT2D eigenvalue weighted by Gasteiger charge is 2.31. The summed E-state index contributed by atoms with van der Waals surface area (Å²) in [5.41, 5.74) is 1.88. The molecule has 0 spiro atoms. The predicted octanol–water partition coefficient (Wildman–Crippen LogP) is 3.03. The maximum Gasteiger partial charge on any atom is 0.267 e. The van der Waals surface area contributed by atoms with Crippen LogP contribution in [0.5, 0.6) is 5.75 Å². The van der Waals surface area contributed by atoms with Gasteiger partial charge in [0.15, 0.2) is 11.9 Å². The number of nitrogens with one attached hydrogen (secondary N) is 1. The number of rotatable bonds is 5. The van der Waals surface area contributed by atoms with Gasteiger partial charge in [0.2, 0.25) is 5.91 Å². The predicted molar refractivity (Wildman–Crippen MR) is 98.6 cm³/mol. The van der Waals surface area contributed by atoms with Crippen LogP contribution in [0.15, 0.2) is 48.5 Å². The highest BCUT2D eigenvalue weighted by atomic mass is 16.5. The summed E-state index contributed by atoms with van der Waals surface area (Å²) in [5, 5.41) is 2.78. The number of carbonyl (C=O) groups is 3. The van der Waals surface area contributed by atoms with Crippen LogP contribution in [0.2, 0.25) is 0 Å². The van der Waals surface area contributed by atoms with E-state index >= 15 is 0 Å². The average molecular weight is 352 g/mol. The van der Waals surface area contributed by atoms with Crippen LogP contribution in [-0.2, 0) is 9.59 Å². The molecule has 2 amide bonds. The number of benzene rings is 2. The van der Waals surface area contributed by atoms with E-state index in [1.807, 2.05) is 18.2 Å². The third-order valence-corrected chi connectivity index (χ3v) is 4.21. The van der Waals surface area contributed by atoms with Gasteiger partial charge >= 0.3 is 0 Å². The Bertz CT molecular complexity index is 845. The Balaban J connectivity index is 1.64. The van der Waals surface area contributed by atoms with Gasteiger partial charge in [0, 0.05) is 24.2 Å². The highest BCUT2D eigenvalue weighted by Crippen LogP contribution is 2.33. The fourth-order valence-electron chi connectivity index (χ4n) is 2.81. The van der Waals surface area contributed by atoms with Gasteiger partial charge < -0.3 is 15.0 Å². The Morgan fingerprint density at radius 1 is 1.12 bits per heavy atom. The van der Waals surface area contributed by atoms with E-state index < -0.39 is 6.10 Å². The molecule has 0 aliphatic carbocycles. The Hall–Kier alpha value is -3.15. The second-order valence-corrected chi connectivity index (χ2v) is 6.15. The summed E-state index contributed by atoms with van der Waals surface area (Å²) in [5.74, 6) is 0.244. The Kier molecular flexibility index (Phi) is 5.02. The van der Waals surface area contributed by atoms with Gasteiger partial charge in [0.1, 0.15) is 5.75 Å². The van der Waals surface area contributed by atoms with Crippen molar-refractivity contribution in [3.63, 3.8) is 0 Å². The summed E-state index contributed by atoms with van der Waals surface area (Å²) in [6.07, 6.45) is -0.423. The van der Waals surface area contributed by atoms with E-state index in [4.69, 9.17) is 4.74 Å². The van der Waals surface area contributed by atoms with E-state index in [0.717, 1.165) is 0 Å². The summed E-state index contributed by atoms with van der Waals surface area (Å²) in [6.45, 7) is 3.45.